The predicted molar refractivity (Wildman–Crippen MR) is 18.7 cm³/mol. The third kappa shape index (κ3) is 1.21. The second-order valence-electron chi connectivity index (χ2n) is 0.635. The van der Waals surface area contributed by atoms with Crippen LogP contribution in [0.25, 0.3) is 0 Å². The summed E-state index contributed by atoms with van der Waals surface area (Å²) in [7, 11) is 0. The number of nitrogens with zero attached hydrogens (tertiary/aromatic N) is 4. The molecule has 7 heavy (non-hydrogen) atoms. The largest absolute Gasteiger partial charge is 0.208 e. The van der Waals surface area contributed by atoms with Crippen LogP contribution in [0.2, 0.25) is 0 Å². The van der Waals surface area contributed by atoms with Crippen LogP contribution < -0.4 is 0 Å². The van der Waals surface area contributed by atoms with E-state index in [1.807, 2.05) is 0 Å². The maximum absolute atomic E-state index is 7.76. The van der Waals surface area contributed by atoms with Crippen molar-refractivity contribution in [1.82, 2.24) is 4.90 Å². The molecule has 0 aromatic heterocycles. The minimum Gasteiger partial charge on any atom is -0.171 e. The normalized spacial score (nSPS) is 4.71. The Morgan fingerprint density at radius 2 is 1.14 bits per heavy atom. The first-order chi connectivity index (χ1) is 3.35. The molecule has 0 atom stereocenters. The highest BCUT2D eigenvalue weighted by atomic mass is 15.1. The van der Waals surface area contributed by atoms with Crippen LogP contribution >= 0.6 is 0 Å². The Labute approximate surface area is 40.4 Å². The highest BCUT2D eigenvalue weighted by Gasteiger charge is 1.88. The lowest BCUT2D eigenvalue weighted by Crippen LogP contribution is -1.98. The van der Waals surface area contributed by atoms with E-state index in [1.165, 1.54) is 18.6 Å². The lowest BCUT2D eigenvalue weighted by molar-refractivity contribution is 0.761. The Morgan fingerprint density at radius 3 is 1.14 bits per heavy atom. The fourth-order valence-corrected chi connectivity index (χ4v) is 0.0671. The van der Waals surface area contributed by atoms with Gasteiger partial charge in [-0.25, -0.2) is 0 Å². The summed E-state index contributed by atoms with van der Waals surface area (Å²) < 4.78 is 0. The smallest absolute Gasteiger partial charge is 0.171 e. The standard InChI is InChI=1S/C3N4/c4-1-7(2-5)3-6. The van der Waals surface area contributed by atoms with Gasteiger partial charge < -0.3 is 0 Å². The summed E-state index contributed by atoms with van der Waals surface area (Å²) in [6.45, 7) is 0. The van der Waals surface area contributed by atoms with Crippen LogP contribution in [-0.2, 0) is 0 Å². The van der Waals surface area contributed by atoms with E-state index in [0.29, 0.717) is 4.90 Å². The second-order valence-corrected chi connectivity index (χ2v) is 0.635. The van der Waals surface area contributed by atoms with Crippen molar-refractivity contribution in [3.05, 3.63) is 0 Å². The van der Waals surface area contributed by atoms with Crippen LogP contribution in [0.5, 0.6) is 0 Å². The van der Waals surface area contributed by atoms with Crippen molar-refractivity contribution in [1.29, 1.82) is 15.8 Å². The molecule has 0 aliphatic heterocycles. The van der Waals surface area contributed by atoms with E-state index in [2.05, 4.69) is 0 Å². The molecule has 0 saturated heterocycles. The molecular formula is C3N4. The van der Waals surface area contributed by atoms with Gasteiger partial charge in [-0.1, -0.05) is 0 Å². The van der Waals surface area contributed by atoms with Gasteiger partial charge in [-0.05, 0) is 0 Å². The van der Waals surface area contributed by atoms with Gasteiger partial charge in [0.05, 0.1) is 0 Å². The molecular weight excluding hydrogens is 92.1 g/mol. The van der Waals surface area contributed by atoms with Gasteiger partial charge in [0, 0.05) is 0 Å². The molecule has 0 aliphatic rings. The van der Waals surface area contributed by atoms with E-state index in [9.17, 15) is 0 Å². The van der Waals surface area contributed by atoms with Crippen molar-refractivity contribution in [2.45, 2.75) is 0 Å². The molecule has 0 spiro atoms. The molecule has 0 unspecified atom stereocenters. The third-order valence-corrected chi connectivity index (χ3v) is 0.300. The average Bonchev–Trinajstić information content (AvgIpc) is 1.72. The van der Waals surface area contributed by atoms with Crippen LogP contribution in [0.1, 0.15) is 0 Å². The fraction of sp³-hybridized carbons (Fsp3) is 0. The Kier molecular flexibility index (Phi) is 1.89. The number of hydrogen-bond acceptors (Lipinski definition) is 4. The van der Waals surface area contributed by atoms with E-state index in [1.54, 1.807) is 0 Å². The Hall–Kier alpha value is -1.73. The van der Waals surface area contributed by atoms with E-state index in [0.717, 1.165) is 0 Å². The molecule has 0 bridgehead atoms. The van der Waals surface area contributed by atoms with Gasteiger partial charge in [0.15, 0.2) is 0 Å². The zero-order chi connectivity index (χ0) is 5.70. The summed E-state index contributed by atoms with van der Waals surface area (Å²) in [5.41, 5.74) is 0. The number of hydrogen-bond donors (Lipinski definition) is 0. The molecule has 4 heteroatoms. The summed E-state index contributed by atoms with van der Waals surface area (Å²) in [6, 6.07) is 0. The summed E-state index contributed by atoms with van der Waals surface area (Å²) in [6.07, 6.45) is 3.94. The summed E-state index contributed by atoms with van der Waals surface area (Å²) in [5.74, 6) is 0. The van der Waals surface area contributed by atoms with Crippen molar-refractivity contribution in [2.24, 2.45) is 0 Å². The molecule has 0 amide bonds. The van der Waals surface area contributed by atoms with Gasteiger partial charge in [-0.15, -0.1) is 4.90 Å². The van der Waals surface area contributed by atoms with Crippen molar-refractivity contribution < 1.29 is 0 Å². The Balaban J connectivity index is 3.82. The molecule has 0 fully saturated rings. The first-order valence-electron chi connectivity index (χ1n) is 1.34. The molecule has 0 rings (SSSR count). The molecule has 0 aromatic rings. The highest BCUT2D eigenvalue weighted by Crippen LogP contribution is 1.69. The SMILES string of the molecule is N#CN(C#N)C#N. The van der Waals surface area contributed by atoms with E-state index in [-0.39, 0.29) is 0 Å². The Morgan fingerprint density at radius 1 is 0.857 bits per heavy atom. The zero-order valence-corrected chi connectivity index (χ0v) is 3.29. The topological polar surface area (TPSA) is 74.6 Å². The van der Waals surface area contributed by atoms with Crippen LogP contribution in [0.4, 0.5) is 0 Å². The second kappa shape index (κ2) is 2.50. The molecule has 0 heterocycles. The maximum Gasteiger partial charge on any atom is 0.208 e. The van der Waals surface area contributed by atoms with Gasteiger partial charge in [-0.2, -0.15) is 15.8 Å². The molecule has 0 radical (unpaired) electrons. The van der Waals surface area contributed by atoms with Crippen molar-refractivity contribution in [3.63, 3.8) is 0 Å². The highest BCUT2D eigenvalue weighted by molar-refractivity contribution is 4.96. The minimum absolute atomic E-state index is 0.292. The first kappa shape index (κ1) is 5.27. The summed E-state index contributed by atoms with van der Waals surface area (Å²) >= 11 is 0. The molecule has 4 nitrogen and oxygen atoms in total. The molecule has 0 aliphatic carbocycles. The quantitative estimate of drug-likeness (QED) is 0.304. The van der Waals surface area contributed by atoms with Gasteiger partial charge >= 0.3 is 0 Å². The van der Waals surface area contributed by atoms with E-state index in [4.69, 9.17) is 15.8 Å². The van der Waals surface area contributed by atoms with Gasteiger partial charge in [0.1, 0.15) is 0 Å². The molecule has 0 N–H and O–H groups in total. The van der Waals surface area contributed by atoms with Crippen LogP contribution in [0.3, 0.4) is 0 Å². The fourth-order valence-electron chi connectivity index (χ4n) is 0.0671. The predicted octanol–water partition coefficient (Wildman–Crippen LogP) is -0.268. The van der Waals surface area contributed by atoms with E-state index >= 15 is 0 Å². The summed E-state index contributed by atoms with van der Waals surface area (Å²) in [4.78, 5) is 0.292. The lowest BCUT2D eigenvalue weighted by atomic mass is 10.9. The Bertz CT molecular complexity index is 130. The molecule has 0 aromatic carbocycles. The maximum atomic E-state index is 7.76. The van der Waals surface area contributed by atoms with Crippen molar-refractivity contribution >= 4 is 0 Å². The van der Waals surface area contributed by atoms with Crippen LogP contribution in [-0.4, -0.2) is 4.90 Å². The van der Waals surface area contributed by atoms with Gasteiger partial charge in [0.25, 0.3) is 0 Å². The monoisotopic (exact) mass is 92.0 g/mol. The average molecular weight is 92.1 g/mol. The summed E-state index contributed by atoms with van der Waals surface area (Å²) in [5, 5.41) is 23.3. The van der Waals surface area contributed by atoms with Crippen LogP contribution in [0.15, 0.2) is 0 Å². The van der Waals surface area contributed by atoms with Gasteiger partial charge in [0.2, 0.25) is 18.6 Å². The number of nitriles is 3. The van der Waals surface area contributed by atoms with E-state index < -0.39 is 0 Å². The van der Waals surface area contributed by atoms with Crippen LogP contribution in [0, 0.1) is 34.4 Å². The van der Waals surface area contributed by atoms with Gasteiger partial charge in [-0.3, -0.25) is 0 Å². The number of rotatable bonds is 0. The van der Waals surface area contributed by atoms with Crippen molar-refractivity contribution in [2.75, 3.05) is 0 Å². The molecule has 0 saturated carbocycles. The minimum atomic E-state index is 0.292. The van der Waals surface area contributed by atoms with Crippen molar-refractivity contribution in [3.8, 4) is 18.6 Å². The third-order valence-electron chi connectivity index (χ3n) is 0.300. The molecule has 32 valence electrons. The lowest BCUT2D eigenvalue weighted by Gasteiger charge is -1.79. The zero-order valence-electron chi connectivity index (χ0n) is 3.29. The first-order valence-corrected chi connectivity index (χ1v) is 1.34.